The van der Waals surface area contributed by atoms with E-state index in [0.29, 0.717) is 20.8 Å². The topological polar surface area (TPSA) is 74.0 Å². The van der Waals surface area contributed by atoms with E-state index in [4.69, 9.17) is 16.3 Å². The highest BCUT2D eigenvalue weighted by atomic mass is 79.9. The van der Waals surface area contributed by atoms with E-state index in [2.05, 4.69) is 31.4 Å². The molecular weight excluding hydrogens is 561 g/mol. The van der Waals surface area contributed by atoms with Gasteiger partial charge in [-0.1, -0.05) is 60.1 Å². The summed E-state index contributed by atoms with van der Waals surface area (Å²) in [6.07, 6.45) is 3.29. The van der Waals surface area contributed by atoms with Gasteiger partial charge in [0, 0.05) is 23.0 Å². The number of amides is 1. The summed E-state index contributed by atoms with van der Waals surface area (Å²) in [5.41, 5.74) is 2.73. The quantitative estimate of drug-likeness (QED) is 0.223. The second-order valence-corrected chi connectivity index (χ2v) is 9.34. The van der Waals surface area contributed by atoms with Crippen molar-refractivity contribution in [1.29, 1.82) is 0 Å². The van der Waals surface area contributed by atoms with Crippen LogP contribution in [0.5, 0.6) is 5.75 Å². The Morgan fingerprint density at radius 2 is 1.70 bits per heavy atom. The monoisotopic (exact) mass is 579 g/mol. The highest BCUT2D eigenvalue weighted by Gasteiger charge is 2.16. The molecule has 186 valence electrons. The fourth-order valence-corrected chi connectivity index (χ4v) is 4.29. The molecule has 0 bridgehead atoms. The SMILES string of the molecule is O=C(Nc1nn(Cc2c(F)cccc2Cl)cc1Br)c1ccn(COc2ccc(-c3ccccc3)cc2)n1. The molecule has 10 heteroatoms. The number of rotatable bonds is 8. The second kappa shape index (κ2) is 11.0. The summed E-state index contributed by atoms with van der Waals surface area (Å²) in [7, 11) is 0. The zero-order chi connectivity index (χ0) is 25.8. The molecule has 0 aliphatic carbocycles. The Morgan fingerprint density at radius 3 is 2.46 bits per heavy atom. The highest BCUT2D eigenvalue weighted by Crippen LogP contribution is 2.25. The van der Waals surface area contributed by atoms with Gasteiger partial charge in [0.25, 0.3) is 5.91 Å². The zero-order valence-electron chi connectivity index (χ0n) is 19.3. The standard InChI is InChI=1S/C27H20BrClFN5O2/c28-22-16-35(15-21-23(29)7-4-8-24(21)30)33-26(22)31-27(36)25-13-14-34(32-25)17-37-20-11-9-19(10-12-20)18-5-2-1-3-6-18/h1-14,16H,15,17H2,(H,31,33,36). The van der Waals surface area contributed by atoms with Crippen molar-refractivity contribution in [3.8, 4) is 16.9 Å². The maximum absolute atomic E-state index is 14.1. The number of aromatic nitrogens is 4. The lowest BCUT2D eigenvalue weighted by atomic mass is 10.1. The summed E-state index contributed by atoms with van der Waals surface area (Å²) in [5.74, 6) is 0.0952. The number of anilines is 1. The Bertz CT molecular complexity index is 1520. The summed E-state index contributed by atoms with van der Waals surface area (Å²) in [6, 6.07) is 23.9. The molecule has 0 unspecified atom stereocenters. The second-order valence-electron chi connectivity index (χ2n) is 8.08. The Labute approximate surface area is 225 Å². The van der Waals surface area contributed by atoms with Crippen LogP contribution >= 0.6 is 27.5 Å². The first-order valence-electron chi connectivity index (χ1n) is 11.3. The number of halogens is 3. The minimum Gasteiger partial charge on any atom is -0.471 e. The summed E-state index contributed by atoms with van der Waals surface area (Å²) >= 11 is 9.48. The van der Waals surface area contributed by atoms with Gasteiger partial charge in [-0.3, -0.25) is 9.48 Å². The van der Waals surface area contributed by atoms with Crippen LogP contribution in [0, 0.1) is 5.82 Å². The van der Waals surface area contributed by atoms with E-state index in [1.54, 1.807) is 24.5 Å². The Kier molecular flexibility index (Phi) is 7.34. The average Bonchev–Trinajstić information content (AvgIpc) is 3.52. The van der Waals surface area contributed by atoms with Crippen molar-refractivity contribution in [2.24, 2.45) is 0 Å². The largest absolute Gasteiger partial charge is 0.471 e. The first-order chi connectivity index (χ1) is 18.0. The smallest absolute Gasteiger partial charge is 0.277 e. The van der Waals surface area contributed by atoms with E-state index in [1.165, 1.54) is 21.5 Å². The van der Waals surface area contributed by atoms with Gasteiger partial charge in [-0.05, 0) is 57.4 Å². The van der Waals surface area contributed by atoms with Crippen molar-refractivity contribution in [3.05, 3.63) is 118 Å². The predicted molar refractivity (Wildman–Crippen MR) is 143 cm³/mol. The zero-order valence-corrected chi connectivity index (χ0v) is 21.7. The molecular formula is C27H20BrClFN5O2. The minimum atomic E-state index is -0.444. The maximum atomic E-state index is 14.1. The van der Waals surface area contributed by atoms with Crippen molar-refractivity contribution >= 4 is 39.3 Å². The van der Waals surface area contributed by atoms with Gasteiger partial charge in [0.1, 0.15) is 11.6 Å². The molecule has 0 radical (unpaired) electrons. The highest BCUT2D eigenvalue weighted by molar-refractivity contribution is 9.10. The van der Waals surface area contributed by atoms with Crippen molar-refractivity contribution in [1.82, 2.24) is 19.6 Å². The van der Waals surface area contributed by atoms with Gasteiger partial charge in [-0.15, -0.1) is 0 Å². The predicted octanol–water partition coefficient (Wildman–Crippen LogP) is 6.64. The van der Waals surface area contributed by atoms with Crippen LogP contribution < -0.4 is 10.1 Å². The fourth-order valence-electron chi connectivity index (χ4n) is 3.65. The number of benzene rings is 3. The van der Waals surface area contributed by atoms with Crippen LogP contribution in [0.1, 0.15) is 16.1 Å². The molecule has 5 aromatic rings. The average molecular weight is 581 g/mol. The molecule has 2 heterocycles. The van der Waals surface area contributed by atoms with Gasteiger partial charge in [-0.25, -0.2) is 9.07 Å². The number of hydrogen-bond acceptors (Lipinski definition) is 4. The summed E-state index contributed by atoms with van der Waals surface area (Å²) < 4.78 is 23.4. The molecule has 37 heavy (non-hydrogen) atoms. The van der Waals surface area contributed by atoms with Crippen LogP contribution in [0.15, 0.2) is 95.7 Å². The van der Waals surface area contributed by atoms with Crippen molar-refractivity contribution in [2.45, 2.75) is 13.3 Å². The lowest BCUT2D eigenvalue weighted by molar-refractivity contribution is 0.101. The van der Waals surface area contributed by atoms with E-state index < -0.39 is 11.7 Å². The van der Waals surface area contributed by atoms with Gasteiger partial charge in [0.05, 0.1) is 11.0 Å². The molecule has 2 aromatic heterocycles. The molecule has 1 N–H and O–H groups in total. The lowest BCUT2D eigenvalue weighted by Gasteiger charge is -2.07. The molecule has 5 rings (SSSR count). The number of carbonyl (C=O) groups is 1. The van der Waals surface area contributed by atoms with E-state index >= 15 is 0 Å². The third kappa shape index (κ3) is 5.90. The number of hydrogen-bond donors (Lipinski definition) is 1. The van der Waals surface area contributed by atoms with E-state index in [0.717, 1.165) is 11.1 Å². The van der Waals surface area contributed by atoms with Crippen LogP contribution in [0.2, 0.25) is 5.02 Å². The number of nitrogens with zero attached hydrogens (tertiary/aromatic N) is 4. The van der Waals surface area contributed by atoms with E-state index in [1.807, 2.05) is 54.6 Å². The minimum absolute atomic E-state index is 0.109. The third-order valence-electron chi connectivity index (χ3n) is 5.53. The van der Waals surface area contributed by atoms with E-state index in [-0.39, 0.29) is 24.8 Å². The molecule has 1 amide bonds. The molecule has 0 atom stereocenters. The summed E-state index contributed by atoms with van der Waals surface area (Å²) in [6.45, 7) is 0.248. The van der Waals surface area contributed by atoms with Gasteiger partial charge in [0.2, 0.25) is 0 Å². The number of ether oxygens (including phenoxy) is 1. The van der Waals surface area contributed by atoms with Gasteiger partial charge >= 0.3 is 0 Å². The number of nitrogens with one attached hydrogen (secondary N) is 1. The van der Waals surface area contributed by atoms with E-state index in [9.17, 15) is 9.18 Å². The van der Waals surface area contributed by atoms with Gasteiger partial charge in [-0.2, -0.15) is 10.2 Å². The summed E-state index contributed by atoms with van der Waals surface area (Å²) in [4.78, 5) is 12.7. The molecule has 0 aliphatic heterocycles. The molecule has 0 saturated carbocycles. The van der Waals surface area contributed by atoms with Gasteiger partial charge < -0.3 is 10.1 Å². The van der Waals surface area contributed by atoms with Crippen LogP contribution in [0.25, 0.3) is 11.1 Å². The molecule has 0 spiro atoms. The third-order valence-corrected chi connectivity index (χ3v) is 6.46. The van der Waals surface area contributed by atoms with Crippen molar-refractivity contribution in [2.75, 3.05) is 5.32 Å². The number of carbonyl (C=O) groups excluding carboxylic acids is 1. The molecule has 3 aromatic carbocycles. The Hall–Kier alpha value is -3.95. The Balaban J connectivity index is 1.19. The van der Waals surface area contributed by atoms with Crippen LogP contribution in [-0.4, -0.2) is 25.5 Å². The fraction of sp³-hybridized carbons (Fsp3) is 0.0741. The summed E-state index contributed by atoms with van der Waals surface area (Å²) in [5, 5.41) is 11.6. The normalized spacial score (nSPS) is 10.9. The molecule has 0 saturated heterocycles. The Morgan fingerprint density at radius 1 is 0.946 bits per heavy atom. The molecule has 7 nitrogen and oxygen atoms in total. The van der Waals surface area contributed by atoms with Crippen LogP contribution in [0.3, 0.4) is 0 Å². The van der Waals surface area contributed by atoms with Crippen molar-refractivity contribution in [3.63, 3.8) is 0 Å². The lowest BCUT2D eigenvalue weighted by Crippen LogP contribution is -2.15. The van der Waals surface area contributed by atoms with Crippen LogP contribution in [-0.2, 0) is 13.3 Å². The maximum Gasteiger partial charge on any atom is 0.277 e. The van der Waals surface area contributed by atoms with Crippen molar-refractivity contribution < 1.29 is 13.9 Å². The van der Waals surface area contributed by atoms with Crippen LogP contribution in [0.4, 0.5) is 10.2 Å². The molecule has 0 fully saturated rings. The molecule has 0 aliphatic rings. The van der Waals surface area contributed by atoms with Gasteiger partial charge in [0.15, 0.2) is 18.2 Å². The first-order valence-corrected chi connectivity index (χ1v) is 12.4. The first kappa shape index (κ1) is 24.7.